The largest absolute Gasteiger partial charge is 0.312 e. The van der Waals surface area contributed by atoms with Crippen LogP contribution in [0.2, 0.25) is 0 Å². The number of hydrogen-bond donors (Lipinski definition) is 1. The van der Waals surface area contributed by atoms with Gasteiger partial charge in [0.05, 0.1) is 5.56 Å². The van der Waals surface area contributed by atoms with Gasteiger partial charge >= 0.3 is 0 Å². The minimum atomic E-state index is -0.147. The Hall–Kier alpha value is -1.63. The van der Waals surface area contributed by atoms with E-state index >= 15 is 0 Å². The SMILES string of the molecule is CSc1nc(-c2ccccc2)c(NC(=O)c2ccccc2Br)s1. The summed E-state index contributed by atoms with van der Waals surface area (Å²) in [7, 11) is 0. The highest BCUT2D eigenvalue weighted by Crippen LogP contribution is 2.37. The van der Waals surface area contributed by atoms with Gasteiger partial charge in [-0.15, -0.1) is 0 Å². The average molecular weight is 405 g/mol. The minimum absolute atomic E-state index is 0.147. The molecule has 1 N–H and O–H groups in total. The van der Waals surface area contributed by atoms with E-state index in [1.165, 1.54) is 11.3 Å². The molecule has 0 spiro atoms. The number of halogens is 1. The second kappa shape index (κ2) is 7.29. The number of carbonyl (C=O) groups is 1. The summed E-state index contributed by atoms with van der Waals surface area (Å²) < 4.78 is 1.69. The van der Waals surface area contributed by atoms with Crippen molar-refractivity contribution in [1.82, 2.24) is 4.98 Å². The zero-order valence-corrected chi connectivity index (χ0v) is 15.5. The van der Waals surface area contributed by atoms with Gasteiger partial charge in [-0.1, -0.05) is 65.6 Å². The first kappa shape index (κ1) is 16.2. The zero-order chi connectivity index (χ0) is 16.2. The van der Waals surface area contributed by atoms with Crippen molar-refractivity contribution in [3.8, 4) is 11.3 Å². The molecule has 0 atom stereocenters. The highest BCUT2D eigenvalue weighted by atomic mass is 79.9. The molecule has 0 aliphatic rings. The quantitative estimate of drug-likeness (QED) is 0.579. The number of thiazole rings is 1. The Morgan fingerprint density at radius 2 is 1.83 bits per heavy atom. The van der Waals surface area contributed by atoms with Crippen molar-refractivity contribution in [2.24, 2.45) is 0 Å². The van der Waals surface area contributed by atoms with Gasteiger partial charge in [0.2, 0.25) is 0 Å². The van der Waals surface area contributed by atoms with Crippen molar-refractivity contribution in [2.75, 3.05) is 11.6 Å². The van der Waals surface area contributed by atoms with Crippen LogP contribution in [0.1, 0.15) is 10.4 Å². The Morgan fingerprint density at radius 1 is 1.13 bits per heavy atom. The van der Waals surface area contributed by atoms with Gasteiger partial charge < -0.3 is 5.32 Å². The molecule has 0 radical (unpaired) electrons. The van der Waals surface area contributed by atoms with E-state index in [2.05, 4.69) is 26.2 Å². The van der Waals surface area contributed by atoms with E-state index in [1.54, 1.807) is 17.8 Å². The molecule has 0 bridgehead atoms. The number of carbonyl (C=O) groups excluding carboxylic acids is 1. The van der Waals surface area contributed by atoms with Crippen LogP contribution in [0, 0.1) is 0 Å². The van der Waals surface area contributed by atoms with E-state index in [-0.39, 0.29) is 5.91 Å². The van der Waals surface area contributed by atoms with Crippen molar-refractivity contribution in [3.63, 3.8) is 0 Å². The van der Waals surface area contributed by atoms with Gasteiger partial charge in [0, 0.05) is 10.0 Å². The normalized spacial score (nSPS) is 10.5. The topological polar surface area (TPSA) is 42.0 Å². The number of nitrogens with one attached hydrogen (secondary N) is 1. The first-order valence-electron chi connectivity index (χ1n) is 6.85. The summed E-state index contributed by atoms with van der Waals surface area (Å²) in [4.78, 5) is 17.2. The number of aromatic nitrogens is 1. The van der Waals surface area contributed by atoms with E-state index in [4.69, 9.17) is 0 Å². The van der Waals surface area contributed by atoms with Crippen LogP contribution in [0.15, 0.2) is 63.4 Å². The Kier molecular flexibility index (Phi) is 5.15. The predicted molar refractivity (Wildman–Crippen MR) is 101 cm³/mol. The molecular formula is C17H13BrN2OS2. The van der Waals surface area contributed by atoms with Crippen LogP contribution in [0.25, 0.3) is 11.3 Å². The maximum Gasteiger partial charge on any atom is 0.257 e. The standard InChI is InChI=1S/C17H13BrN2OS2/c1-22-17-19-14(11-7-3-2-4-8-11)16(23-17)20-15(21)12-9-5-6-10-13(12)18/h2-10H,1H3,(H,20,21). The monoisotopic (exact) mass is 404 g/mol. The molecule has 0 unspecified atom stereocenters. The molecule has 6 heteroatoms. The molecule has 0 fully saturated rings. The van der Waals surface area contributed by atoms with Crippen LogP contribution >= 0.6 is 39.0 Å². The third kappa shape index (κ3) is 3.65. The maximum absolute atomic E-state index is 12.5. The summed E-state index contributed by atoms with van der Waals surface area (Å²) in [6.45, 7) is 0. The summed E-state index contributed by atoms with van der Waals surface area (Å²) in [5, 5.41) is 3.76. The third-order valence-electron chi connectivity index (χ3n) is 3.17. The fourth-order valence-corrected chi connectivity index (χ4v) is 4.03. The Morgan fingerprint density at radius 3 is 2.52 bits per heavy atom. The highest BCUT2D eigenvalue weighted by Gasteiger charge is 2.17. The lowest BCUT2D eigenvalue weighted by atomic mass is 10.1. The van der Waals surface area contributed by atoms with Crippen molar-refractivity contribution in [2.45, 2.75) is 4.34 Å². The molecule has 3 rings (SSSR count). The van der Waals surface area contributed by atoms with Crippen molar-refractivity contribution >= 4 is 49.9 Å². The highest BCUT2D eigenvalue weighted by molar-refractivity contribution is 9.10. The van der Waals surface area contributed by atoms with Gasteiger partial charge in [-0.2, -0.15) is 0 Å². The van der Waals surface area contributed by atoms with E-state index < -0.39 is 0 Å². The summed E-state index contributed by atoms with van der Waals surface area (Å²) in [5.41, 5.74) is 2.40. The number of rotatable bonds is 4. The Balaban J connectivity index is 1.95. The van der Waals surface area contributed by atoms with Crippen LogP contribution in [-0.2, 0) is 0 Å². The summed E-state index contributed by atoms with van der Waals surface area (Å²) >= 11 is 6.47. The van der Waals surface area contributed by atoms with Gasteiger partial charge in [0.25, 0.3) is 5.91 Å². The maximum atomic E-state index is 12.5. The van der Waals surface area contributed by atoms with Gasteiger partial charge in [-0.05, 0) is 34.3 Å². The molecular weight excluding hydrogens is 392 g/mol. The lowest BCUT2D eigenvalue weighted by Crippen LogP contribution is -2.12. The van der Waals surface area contributed by atoms with E-state index in [9.17, 15) is 4.79 Å². The van der Waals surface area contributed by atoms with Gasteiger partial charge in [0.15, 0.2) is 4.34 Å². The molecule has 0 aliphatic carbocycles. The first-order chi connectivity index (χ1) is 11.2. The van der Waals surface area contributed by atoms with E-state index in [1.807, 2.05) is 54.8 Å². The second-order valence-corrected chi connectivity index (χ2v) is 7.57. The molecule has 23 heavy (non-hydrogen) atoms. The molecule has 1 aromatic heterocycles. The van der Waals surface area contributed by atoms with Crippen molar-refractivity contribution < 1.29 is 4.79 Å². The molecule has 1 amide bonds. The van der Waals surface area contributed by atoms with Gasteiger partial charge in [-0.3, -0.25) is 4.79 Å². The lowest BCUT2D eigenvalue weighted by molar-refractivity contribution is 0.102. The number of hydrogen-bond acceptors (Lipinski definition) is 4. The molecule has 116 valence electrons. The fourth-order valence-electron chi connectivity index (χ4n) is 2.08. The summed E-state index contributed by atoms with van der Waals surface area (Å²) in [5.74, 6) is -0.147. The number of nitrogens with zero attached hydrogens (tertiary/aromatic N) is 1. The van der Waals surface area contributed by atoms with Crippen LogP contribution in [0.5, 0.6) is 0 Å². The van der Waals surface area contributed by atoms with Crippen LogP contribution in [0.3, 0.4) is 0 Å². The molecule has 0 saturated carbocycles. The molecule has 0 saturated heterocycles. The second-order valence-electron chi connectivity index (χ2n) is 4.66. The van der Waals surface area contributed by atoms with Crippen molar-refractivity contribution in [1.29, 1.82) is 0 Å². The lowest BCUT2D eigenvalue weighted by Gasteiger charge is -2.06. The molecule has 2 aromatic carbocycles. The number of amides is 1. The average Bonchev–Trinajstić information content (AvgIpc) is 2.99. The fraction of sp³-hybridized carbons (Fsp3) is 0.0588. The predicted octanol–water partition coefficient (Wildman–Crippen LogP) is 5.55. The zero-order valence-electron chi connectivity index (χ0n) is 12.2. The Labute approximate surface area is 151 Å². The summed E-state index contributed by atoms with van der Waals surface area (Å²) in [6, 6.07) is 17.3. The van der Waals surface area contributed by atoms with Gasteiger partial charge in [0.1, 0.15) is 10.7 Å². The summed E-state index contributed by atoms with van der Waals surface area (Å²) in [6.07, 6.45) is 1.98. The first-order valence-corrected chi connectivity index (χ1v) is 9.68. The smallest absolute Gasteiger partial charge is 0.257 e. The van der Waals surface area contributed by atoms with Crippen LogP contribution in [-0.4, -0.2) is 17.1 Å². The number of anilines is 1. The van der Waals surface area contributed by atoms with Crippen LogP contribution < -0.4 is 5.32 Å². The van der Waals surface area contributed by atoms with E-state index in [0.717, 1.165) is 25.1 Å². The molecule has 0 aliphatic heterocycles. The molecule has 3 aromatic rings. The molecule has 3 nitrogen and oxygen atoms in total. The minimum Gasteiger partial charge on any atom is -0.312 e. The van der Waals surface area contributed by atoms with Crippen molar-refractivity contribution in [3.05, 3.63) is 64.6 Å². The van der Waals surface area contributed by atoms with E-state index in [0.29, 0.717) is 5.56 Å². The third-order valence-corrected chi connectivity index (χ3v) is 5.82. The van der Waals surface area contributed by atoms with Gasteiger partial charge in [-0.25, -0.2) is 4.98 Å². The Bertz CT molecular complexity index is 834. The molecule has 1 heterocycles. The number of thioether (sulfide) groups is 1. The number of benzene rings is 2. The van der Waals surface area contributed by atoms with Crippen LogP contribution in [0.4, 0.5) is 5.00 Å².